The summed E-state index contributed by atoms with van der Waals surface area (Å²) >= 11 is 0. The van der Waals surface area contributed by atoms with Crippen LogP contribution >= 0.6 is 0 Å². The maximum Gasteiger partial charge on any atom is 0.119 e. The zero-order valence-corrected chi connectivity index (χ0v) is 7.63. The molecular weight excluding hydrogens is 150 g/mol. The van der Waals surface area contributed by atoms with Crippen LogP contribution in [0.15, 0.2) is 24.3 Å². The van der Waals surface area contributed by atoms with Crippen molar-refractivity contribution in [3.8, 4) is 5.75 Å². The highest BCUT2D eigenvalue weighted by molar-refractivity contribution is 5.46. The summed E-state index contributed by atoms with van der Waals surface area (Å²) in [5.41, 5.74) is 1.15. The van der Waals surface area contributed by atoms with Crippen molar-refractivity contribution in [3.63, 3.8) is 0 Å². The van der Waals surface area contributed by atoms with Crippen LogP contribution in [0.25, 0.3) is 0 Å². The molecule has 0 radical (unpaired) electrons. The van der Waals surface area contributed by atoms with Crippen molar-refractivity contribution in [3.05, 3.63) is 24.3 Å². The Morgan fingerprint density at radius 3 is 2.42 bits per heavy atom. The molecule has 1 N–H and O–H groups in total. The normalized spacial score (nSPS) is 9.50. The molecule has 66 valence electrons. The molecule has 0 aliphatic heterocycles. The van der Waals surface area contributed by atoms with Gasteiger partial charge >= 0.3 is 0 Å². The highest BCUT2D eigenvalue weighted by atomic mass is 16.5. The maximum atomic E-state index is 5.05. The Balaban J connectivity index is 2.53. The summed E-state index contributed by atoms with van der Waals surface area (Å²) in [6.07, 6.45) is 1.14. The molecule has 0 fully saturated rings. The Bertz CT molecular complexity index is 218. The molecule has 0 heterocycles. The van der Waals surface area contributed by atoms with Crippen LogP contribution < -0.4 is 10.1 Å². The molecular formula is C10H15NO. The van der Waals surface area contributed by atoms with Crippen LogP contribution in [0.4, 0.5) is 5.69 Å². The van der Waals surface area contributed by atoms with E-state index in [0.717, 1.165) is 24.4 Å². The van der Waals surface area contributed by atoms with E-state index in [4.69, 9.17) is 4.74 Å². The van der Waals surface area contributed by atoms with E-state index in [1.807, 2.05) is 24.3 Å². The zero-order valence-electron chi connectivity index (χ0n) is 7.63. The van der Waals surface area contributed by atoms with Gasteiger partial charge in [0.15, 0.2) is 0 Å². The largest absolute Gasteiger partial charge is 0.497 e. The van der Waals surface area contributed by atoms with E-state index in [1.54, 1.807) is 7.11 Å². The highest BCUT2D eigenvalue weighted by Gasteiger charge is 1.91. The number of ether oxygens (including phenoxy) is 1. The number of anilines is 1. The predicted octanol–water partition coefficient (Wildman–Crippen LogP) is 2.52. The molecule has 1 aromatic rings. The highest BCUT2D eigenvalue weighted by Crippen LogP contribution is 2.14. The minimum atomic E-state index is 0.900. The first-order valence-corrected chi connectivity index (χ1v) is 4.24. The van der Waals surface area contributed by atoms with E-state index in [-0.39, 0.29) is 0 Å². The van der Waals surface area contributed by atoms with Gasteiger partial charge in [-0.1, -0.05) is 6.92 Å². The van der Waals surface area contributed by atoms with Crippen LogP contribution in [0.5, 0.6) is 5.75 Å². The van der Waals surface area contributed by atoms with E-state index in [9.17, 15) is 0 Å². The topological polar surface area (TPSA) is 21.3 Å². The lowest BCUT2D eigenvalue weighted by Gasteiger charge is -2.04. The van der Waals surface area contributed by atoms with Crippen molar-refractivity contribution in [2.24, 2.45) is 0 Å². The van der Waals surface area contributed by atoms with Crippen molar-refractivity contribution in [2.45, 2.75) is 13.3 Å². The maximum absolute atomic E-state index is 5.05. The number of nitrogens with one attached hydrogen (secondary N) is 1. The fraction of sp³-hybridized carbons (Fsp3) is 0.400. The number of hydrogen-bond donors (Lipinski definition) is 1. The lowest BCUT2D eigenvalue weighted by Crippen LogP contribution is -1.98. The fourth-order valence-corrected chi connectivity index (χ4v) is 0.978. The van der Waals surface area contributed by atoms with Crippen molar-refractivity contribution < 1.29 is 4.74 Å². The zero-order chi connectivity index (χ0) is 8.81. The van der Waals surface area contributed by atoms with Crippen molar-refractivity contribution >= 4 is 5.69 Å². The van der Waals surface area contributed by atoms with Gasteiger partial charge in [-0.15, -0.1) is 0 Å². The van der Waals surface area contributed by atoms with Crippen LogP contribution in [-0.4, -0.2) is 13.7 Å². The average molecular weight is 165 g/mol. The van der Waals surface area contributed by atoms with E-state index in [1.165, 1.54) is 0 Å². The Hall–Kier alpha value is -1.18. The minimum Gasteiger partial charge on any atom is -0.497 e. The molecule has 0 saturated heterocycles. The summed E-state index contributed by atoms with van der Waals surface area (Å²) in [5, 5.41) is 3.29. The van der Waals surface area contributed by atoms with Gasteiger partial charge in [-0.25, -0.2) is 0 Å². The summed E-state index contributed by atoms with van der Waals surface area (Å²) in [5.74, 6) is 0.900. The third-order valence-electron chi connectivity index (χ3n) is 1.67. The molecule has 0 spiro atoms. The van der Waals surface area contributed by atoms with Crippen LogP contribution in [0.1, 0.15) is 13.3 Å². The average Bonchev–Trinajstić information content (AvgIpc) is 2.15. The first-order valence-electron chi connectivity index (χ1n) is 4.24. The Morgan fingerprint density at radius 2 is 1.92 bits per heavy atom. The van der Waals surface area contributed by atoms with Gasteiger partial charge in [-0.05, 0) is 30.7 Å². The van der Waals surface area contributed by atoms with Crippen LogP contribution in [-0.2, 0) is 0 Å². The molecule has 0 aliphatic rings. The number of methoxy groups -OCH3 is 1. The van der Waals surface area contributed by atoms with E-state index in [2.05, 4.69) is 12.2 Å². The smallest absolute Gasteiger partial charge is 0.119 e. The molecule has 2 nitrogen and oxygen atoms in total. The Morgan fingerprint density at radius 1 is 1.25 bits per heavy atom. The predicted molar refractivity (Wildman–Crippen MR) is 51.8 cm³/mol. The molecule has 12 heavy (non-hydrogen) atoms. The molecule has 0 atom stereocenters. The van der Waals surface area contributed by atoms with Crippen LogP contribution in [0.2, 0.25) is 0 Å². The molecule has 0 unspecified atom stereocenters. The van der Waals surface area contributed by atoms with Gasteiger partial charge in [0.1, 0.15) is 5.75 Å². The minimum absolute atomic E-state index is 0.900. The quantitative estimate of drug-likeness (QED) is 0.740. The summed E-state index contributed by atoms with van der Waals surface area (Å²) in [6.45, 7) is 3.17. The second-order valence-corrected chi connectivity index (χ2v) is 2.66. The Kier molecular flexibility index (Phi) is 3.45. The summed E-state index contributed by atoms with van der Waals surface area (Å²) in [6, 6.07) is 7.96. The van der Waals surface area contributed by atoms with E-state index < -0.39 is 0 Å². The lowest BCUT2D eigenvalue weighted by atomic mass is 10.3. The van der Waals surface area contributed by atoms with Crippen molar-refractivity contribution in [1.29, 1.82) is 0 Å². The van der Waals surface area contributed by atoms with Crippen LogP contribution in [0, 0.1) is 0 Å². The molecule has 0 aliphatic carbocycles. The summed E-state index contributed by atoms with van der Waals surface area (Å²) < 4.78 is 5.05. The van der Waals surface area contributed by atoms with E-state index in [0.29, 0.717) is 0 Å². The fourth-order valence-electron chi connectivity index (χ4n) is 0.978. The second kappa shape index (κ2) is 4.65. The van der Waals surface area contributed by atoms with Gasteiger partial charge in [-0.2, -0.15) is 0 Å². The van der Waals surface area contributed by atoms with E-state index >= 15 is 0 Å². The standard InChI is InChI=1S/C10H15NO/c1-3-8-11-9-4-6-10(12-2)7-5-9/h4-7,11H,3,8H2,1-2H3. The molecule has 0 saturated carbocycles. The Labute approximate surface area is 73.6 Å². The van der Waals surface area contributed by atoms with Gasteiger partial charge in [0.05, 0.1) is 7.11 Å². The third kappa shape index (κ3) is 2.46. The molecule has 0 amide bonds. The van der Waals surface area contributed by atoms with Crippen molar-refractivity contribution in [1.82, 2.24) is 0 Å². The summed E-state index contributed by atoms with van der Waals surface area (Å²) in [7, 11) is 1.68. The molecule has 0 aromatic heterocycles. The van der Waals surface area contributed by atoms with Crippen LogP contribution in [0.3, 0.4) is 0 Å². The monoisotopic (exact) mass is 165 g/mol. The molecule has 2 heteroatoms. The number of rotatable bonds is 4. The molecule has 1 rings (SSSR count). The van der Waals surface area contributed by atoms with Gasteiger partial charge in [0, 0.05) is 12.2 Å². The second-order valence-electron chi connectivity index (χ2n) is 2.66. The van der Waals surface area contributed by atoms with Gasteiger partial charge < -0.3 is 10.1 Å². The number of hydrogen-bond acceptors (Lipinski definition) is 2. The molecule has 1 aromatic carbocycles. The first-order chi connectivity index (χ1) is 5.86. The van der Waals surface area contributed by atoms with Gasteiger partial charge in [0.2, 0.25) is 0 Å². The summed E-state index contributed by atoms with van der Waals surface area (Å²) in [4.78, 5) is 0. The SMILES string of the molecule is CCCNc1ccc(OC)cc1. The number of benzene rings is 1. The third-order valence-corrected chi connectivity index (χ3v) is 1.67. The van der Waals surface area contributed by atoms with Gasteiger partial charge in [0.25, 0.3) is 0 Å². The van der Waals surface area contributed by atoms with Crippen molar-refractivity contribution in [2.75, 3.05) is 19.0 Å². The first kappa shape index (κ1) is 8.91. The molecule has 0 bridgehead atoms. The lowest BCUT2D eigenvalue weighted by molar-refractivity contribution is 0.415. The van der Waals surface area contributed by atoms with Gasteiger partial charge in [-0.3, -0.25) is 0 Å².